The molecule has 104 valence electrons. The van der Waals surface area contributed by atoms with Crippen LogP contribution in [0.5, 0.6) is 5.75 Å². The second-order valence-corrected chi connectivity index (χ2v) is 5.53. The van der Waals surface area contributed by atoms with Crippen LogP contribution in [0.1, 0.15) is 49.4 Å². The van der Waals surface area contributed by atoms with E-state index in [4.69, 9.17) is 10.5 Å². The standard InChI is InChI=1S/C15H22N2O2/c1-15(8-4-3-5-9-15)17-14(18)11-6-7-12(16)13(10-11)19-2/h6-7,10H,3-5,8-9,16H2,1-2H3,(H,17,18). The summed E-state index contributed by atoms with van der Waals surface area (Å²) < 4.78 is 5.15. The van der Waals surface area contributed by atoms with E-state index in [1.54, 1.807) is 25.3 Å². The Labute approximate surface area is 114 Å². The monoisotopic (exact) mass is 262 g/mol. The van der Waals surface area contributed by atoms with Gasteiger partial charge in [-0.25, -0.2) is 0 Å². The number of hydrogen-bond donors (Lipinski definition) is 2. The van der Waals surface area contributed by atoms with Crippen LogP contribution in [0.3, 0.4) is 0 Å². The van der Waals surface area contributed by atoms with E-state index in [-0.39, 0.29) is 11.4 Å². The summed E-state index contributed by atoms with van der Waals surface area (Å²) in [6, 6.07) is 5.13. The summed E-state index contributed by atoms with van der Waals surface area (Å²) in [5.74, 6) is 0.490. The maximum Gasteiger partial charge on any atom is 0.251 e. The van der Waals surface area contributed by atoms with E-state index in [2.05, 4.69) is 12.2 Å². The van der Waals surface area contributed by atoms with Gasteiger partial charge in [-0.3, -0.25) is 4.79 Å². The summed E-state index contributed by atoms with van der Waals surface area (Å²) in [6.07, 6.45) is 5.72. The minimum Gasteiger partial charge on any atom is -0.495 e. The van der Waals surface area contributed by atoms with Crippen LogP contribution in [-0.4, -0.2) is 18.6 Å². The number of methoxy groups -OCH3 is 1. The first kappa shape index (κ1) is 13.7. The highest BCUT2D eigenvalue weighted by molar-refractivity contribution is 5.95. The number of amides is 1. The van der Waals surface area contributed by atoms with Crippen molar-refractivity contribution in [2.45, 2.75) is 44.6 Å². The van der Waals surface area contributed by atoms with Gasteiger partial charge in [-0.05, 0) is 38.0 Å². The summed E-state index contributed by atoms with van der Waals surface area (Å²) in [7, 11) is 1.55. The molecule has 0 atom stereocenters. The summed E-state index contributed by atoms with van der Waals surface area (Å²) in [4.78, 5) is 12.3. The lowest BCUT2D eigenvalue weighted by atomic mass is 9.83. The Bertz CT molecular complexity index is 465. The molecule has 19 heavy (non-hydrogen) atoms. The summed E-state index contributed by atoms with van der Waals surface area (Å²) in [6.45, 7) is 2.12. The fraction of sp³-hybridized carbons (Fsp3) is 0.533. The Kier molecular flexibility index (Phi) is 3.98. The van der Waals surface area contributed by atoms with Crippen LogP contribution in [-0.2, 0) is 0 Å². The van der Waals surface area contributed by atoms with Crippen molar-refractivity contribution in [1.82, 2.24) is 5.32 Å². The second-order valence-electron chi connectivity index (χ2n) is 5.53. The van der Waals surface area contributed by atoms with Crippen molar-refractivity contribution < 1.29 is 9.53 Å². The Balaban J connectivity index is 2.11. The third-order valence-electron chi connectivity index (χ3n) is 3.87. The lowest BCUT2D eigenvalue weighted by Crippen LogP contribution is -2.47. The second kappa shape index (κ2) is 5.51. The number of ether oxygens (including phenoxy) is 1. The number of carbonyl (C=O) groups is 1. The summed E-state index contributed by atoms with van der Waals surface area (Å²) in [5.41, 5.74) is 6.81. The van der Waals surface area contributed by atoms with Crippen LogP contribution in [0.15, 0.2) is 18.2 Å². The first-order chi connectivity index (χ1) is 9.04. The van der Waals surface area contributed by atoms with Crippen molar-refractivity contribution in [2.24, 2.45) is 0 Å². The smallest absolute Gasteiger partial charge is 0.251 e. The molecule has 2 rings (SSSR count). The average Bonchev–Trinajstić information content (AvgIpc) is 2.39. The van der Waals surface area contributed by atoms with E-state index in [0.29, 0.717) is 17.0 Å². The SMILES string of the molecule is COc1cc(C(=O)NC2(C)CCCCC2)ccc1N. The Morgan fingerprint density at radius 3 is 2.63 bits per heavy atom. The fourth-order valence-corrected chi connectivity index (χ4v) is 2.66. The first-order valence-electron chi connectivity index (χ1n) is 6.80. The Hall–Kier alpha value is -1.71. The zero-order chi connectivity index (χ0) is 13.9. The van der Waals surface area contributed by atoms with Crippen LogP contribution >= 0.6 is 0 Å². The quantitative estimate of drug-likeness (QED) is 0.823. The maximum atomic E-state index is 12.3. The number of benzene rings is 1. The molecule has 0 heterocycles. The van der Waals surface area contributed by atoms with E-state index >= 15 is 0 Å². The van der Waals surface area contributed by atoms with Crippen molar-refractivity contribution in [3.63, 3.8) is 0 Å². The fourth-order valence-electron chi connectivity index (χ4n) is 2.66. The van der Waals surface area contributed by atoms with Crippen molar-refractivity contribution in [3.8, 4) is 5.75 Å². The zero-order valence-corrected chi connectivity index (χ0v) is 11.7. The number of hydrogen-bond acceptors (Lipinski definition) is 3. The minimum atomic E-state index is -0.0794. The van der Waals surface area contributed by atoms with Crippen molar-refractivity contribution >= 4 is 11.6 Å². The number of nitrogens with one attached hydrogen (secondary N) is 1. The van der Waals surface area contributed by atoms with Gasteiger partial charge in [-0.15, -0.1) is 0 Å². The molecule has 0 aliphatic heterocycles. The van der Waals surface area contributed by atoms with Crippen molar-refractivity contribution in [3.05, 3.63) is 23.8 Å². The molecule has 0 saturated heterocycles. The van der Waals surface area contributed by atoms with Gasteiger partial charge in [0.05, 0.1) is 12.8 Å². The molecule has 0 radical (unpaired) electrons. The third kappa shape index (κ3) is 3.19. The van der Waals surface area contributed by atoms with Crippen LogP contribution in [0.2, 0.25) is 0 Å². The molecule has 1 saturated carbocycles. The molecule has 1 amide bonds. The molecule has 0 spiro atoms. The van der Waals surface area contributed by atoms with E-state index in [1.807, 2.05) is 0 Å². The van der Waals surface area contributed by atoms with Gasteiger partial charge in [0.2, 0.25) is 0 Å². The lowest BCUT2D eigenvalue weighted by molar-refractivity contribution is 0.0882. The van der Waals surface area contributed by atoms with Crippen LogP contribution < -0.4 is 15.8 Å². The number of rotatable bonds is 3. The van der Waals surface area contributed by atoms with Gasteiger partial charge < -0.3 is 15.8 Å². The Morgan fingerprint density at radius 2 is 2.00 bits per heavy atom. The van der Waals surface area contributed by atoms with Gasteiger partial charge in [0.1, 0.15) is 5.75 Å². The minimum absolute atomic E-state index is 0.0531. The highest BCUT2D eigenvalue weighted by atomic mass is 16.5. The molecule has 0 bridgehead atoms. The molecular formula is C15H22N2O2. The van der Waals surface area contributed by atoms with Crippen LogP contribution in [0.25, 0.3) is 0 Å². The van der Waals surface area contributed by atoms with Gasteiger partial charge in [0.25, 0.3) is 5.91 Å². The molecular weight excluding hydrogens is 240 g/mol. The molecule has 3 N–H and O–H groups in total. The van der Waals surface area contributed by atoms with E-state index in [9.17, 15) is 4.79 Å². The number of nitrogens with two attached hydrogens (primary N) is 1. The topological polar surface area (TPSA) is 64.3 Å². The van der Waals surface area contributed by atoms with E-state index in [0.717, 1.165) is 12.8 Å². The van der Waals surface area contributed by atoms with E-state index < -0.39 is 0 Å². The van der Waals surface area contributed by atoms with Gasteiger partial charge in [0, 0.05) is 11.1 Å². The number of nitrogen functional groups attached to an aromatic ring is 1. The third-order valence-corrected chi connectivity index (χ3v) is 3.87. The van der Waals surface area contributed by atoms with Crippen molar-refractivity contribution in [2.75, 3.05) is 12.8 Å². The van der Waals surface area contributed by atoms with Gasteiger partial charge in [-0.1, -0.05) is 19.3 Å². The molecule has 1 aliphatic carbocycles. The van der Waals surface area contributed by atoms with Gasteiger partial charge in [-0.2, -0.15) is 0 Å². The molecule has 1 aromatic carbocycles. The molecule has 0 aromatic heterocycles. The lowest BCUT2D eigenvalue weighted by Gasteiger charge is -2.34. The zero-order valence-electron chi connectivity index (χ0n) is 11.7. The van der Waals surface area contributed by atoms with Crippen LogP contribution in [0, 0.1) is 0 Å². The number of anilines is 1. The first-order valence-corrected chi connectivity index (χ1v) is 6.80. The van der Waals surface area contributed by atoms with Crippen LogP contribution in [0.4, 0.5) is 5.69 Å². The summed E-state index contributed by atoms with van der Waals surface area (Å²) >= 11 is 0. The van der Waals surface area contributed by atoms with Gasteiger partial charge >= 0.3 is 0 Å². The highest BCUT2D eigenvalue weighted by Crippen LogP contribution is 2.28. The normalized spacial score (nSPS) is 17.8. The average molecular weight is 262 g/mol. The van der Waals surface area contributed by atoms with Gasteiger partial charge in [0.15, 0.2) is 0 Å². The molecule has 4 heteroatoms. The molecule has 0 unspecified atom stereocenters. The predicted molar refractivity (Wildman–Crippen MR) is 76.4 cm³/mol. The molecule has 1 aliphatic rings. The maximum absolute atomic E-state index is 12.3. The van der Waals surface area contributed by atoms with Crippen molar-refractivity contribution in [1.29, 1.82) is 0 Å². The number of carbonyl (C=O) groups excluding carboxylic acids is 1. The molecule has 1 fully saturated rings. The van der Waals surface area contributed by atoms with E-state index in [1.165, 1.54) is 19.3 Å². The Morgan fingerprint density at radius 1 is 1.32 bits per heavy atom. The largest absolute Gasteiger partial charge is 0.495 e. The summed E-state index contributed by atoms with van der Waals surface area (Å²) in [5, 5.41) is 3.15. The molecule has 1 aromatic rings. The molecule has 4 nitrogen and oxygen atoms in total. The predicted octanol–water partition coefficient (Wildman–Crippen LogP) is 2.73. The highest BCUT2D eigenvalue weighted by Gasteiger charge is 2.28.